The van der Waals surface area contributed by atoms with E-state index in [1.165, 1.54) is 0 Å². The highest BCUT2D eigenvalue weighted by atomic mass is 32.2. The van der Waals surface area contributed by atoms with Crippen LogP contribution in [-0.4, -0.2) is 36.2 Å². The maximum Gasteiger partial charge on any atom is 0.323 e. The van der Waals surface area contributed by atoms with Crippen molar-refractivity contribution in [3.05, 3.63) is 0 Å². The first-order valence-electron chi connectivity index (χ1n) is 5.12. The number of carbonyl (C=O) groups excluding carboxylic acids is 1. The van der Waals surface area contributed by atoms with Gasteiger partial charge in [-0.2, -0.15) is 11.8 Å². The van der Waals surface area contributed by atoms with Crippen LogP contribution in [0.3, 0.4) is 0 Å². The summed E-state index contributed by atoms with van der Waals surface area (Å²) in [6, 6.07) is 0.141. The molecule has 0 aromatic rings. The number of esters is 1. The van der Waals surface area contributed by atoms with Crippen LogP contribution >= 0.6 is 11.8 Å². The van der Waals surface area contributed by atoms with Crippen LogP contribution in [-0.2, 0) is 9.53 Å². The second-order valence-electron chi connectivity index (χ2n) is 3.29. The summed E-state index contributed by atoms with van der Waals surface area (Å²) < 4.78 is 4.99. The van der Waals surface area contributed by atoms with Crippen LogP contribution in [0.2, 0.25) is 0 Å². The molecule has 0 fully saturated rings. The summed E-state index contributed by atoms with van der Waals surface area (Å²) in [5.74, 6) is 1.67. The molecule has 0 spiro atoms. The van der Waals surface area contributed by atoms with E-state index in [1.54, 1.807) is 11.8 Å². The minimum absolute atomic E-state index is 0.137. The van der Waals surface area contributed by atoms with Gasteiger partial charge < -0.3 is 10.1 Å². The van der Waals surface area contributed by atoms with Crippen molar-refractivity contribution in [1.82, 2.24) is 5.32 Å². The van der Waals surface area contributed by atoms with Crippen molar-refractivity contribution in [2.24, 2.45) is 0 Å². The molecule has 3 nitrogen and oxygen atoms in total. The van der Waals surface area contributed by atoms with Crippen molar-refractivity contribution < 1.29 is 9.53 Å². The van der Waals surface area contributed by atoms with E-state index in [2.05, 4.69) is 12.2 Å². The van der Waals surface area contributed by atoms with Gasteiger partial charge in [-0.25, -0.2) is 0 Å². The Morgan fingerprint density at radius 2 is 2.07 bits per heavy atom. The molecule has 0 heterocycles. The fraction of sp³-hybridized carbons (Fsp3) is 0.900. The number of hydrogen-bond donors (Lipinski definition) is 1. The molecule has 0 aliphatic carbocycles. The Labute approximate surface area is 91.0 Å². The summed E-state index contributed by atoms with van der Waals surface area (Å²) in [5, 5.41) is 3.20. The Bertz CT molecular complexity index is 162. The number of carbonyl (C=O) groups is 1. The maximum absolute atomic E-state index is 11.5. The SMILES string of the molecule is CCOC(=O)C(CSCC)NC(C)C. The van der Waals surface area contributed by atoms with E-state index in [0.29, 0.717) is 12.6 Å². The first-order chi connectivity index (χ1) is 6.61. The highest BCUT2D eigenvalue weighted by Gasteiger charge is 2.19. The Morgan fingerprint density at radius 3 is 2.50 bits per heavy atom. The lowest BCUT2D eigenvalue weighted by molar-refractivity contribution is -0.145. The van der Waals surface area contributed by atoms with Gasteiger partial charge in [0.1, 0.15) is 6.04 Å². The van der Waals surface area contributed by atoms with E-state index in [9.17, 15) is 4.79 Å². The molecule has 4 heteroatoms. The molecular formula is C10H21NO2S. The quantitative estimate of drug-likeness (QED) is 0.661. The van der Waals surface area contributed by atoms with Crippen LogP contribution in [0.15, 0.2) is 0 Å². The lowest BCUT2D eigenvalue weighted by Gasteiger charge is -2.18. The molecule has 0 aliphatic rings. The van der Waals surface area contributed by atoms with Gasteiger partial charge in [0, 0.05) is 11.8 Å². The van der Waals surface area contributed by atoms with E-state index in [4.69, 9.17) is 4.74 Å². The van der Waals surface area contributed by atoms with Gasteiger partial charge in [0.2, 0.25) is 0 Å². The van der Waals surface area contributed by atoms with Crippen molar-refractivity contribution in [1.29, 1.82) is 0 Å². The van der Waals surface area contributed by atoms with E-state index in [1.807, 2.05) is 20.8 Å². The summed E-state index contributed by atoms with van der Waals surface area (Å²) in [6.45, 7) is 8.43. The lowest BCUT2D eigenvalue weighted by atomic mass is 10.3. The van der Waals surface area contributed by atoms with Gasteiger partial charge in [-0.3, -0.25) is 4.79 Å². The van der Waals surface area contributed by atoms with E-state index >= 15 is 0 Å². The van der Waals surface area contributed by atoms with E-state index in [-0.39, 0.29) is 12.0 Å². The van der Waals surface area contributed by atoms with Gasteiger partial charge in [0.15, 0.2) is 0 Å². The number of nitrogens with one attached hydrogen (secondary N) is 1. The molecule has 0 aromatic carbocycles. The average molecular weight is 219 g/mol. The Kier molecular flexibility index (Phi) is 7.99. The van der Waals surface area contributed by atoms with Crippen LogP contribution in [0, 0.1) is 0 Å². The standard InChI is InChI=1S/C10H21NO2S/c1-5-13-10(12)9(7-14-6-2)11-8(3)4/h8-9,11H,5-7H2,1-4H3. The van der Waals surface area contributed by atoms with Gasteiger partial charge in [-0.15, -0.1) is 0 Å². The second kappa shape index (κ2) is 8.12. The zero-order valence-corrected chi connectivity index (χ0v) is 10.3. The molecule has 0 aromatic heterocycles. The second-order valence-corrected chi connectivity index (χ2v) is 4.60. The van der Waals surface area contributed by atoms with Gasteiger partial charge in [0.25, 0.3) is 0 Å². The molecule has 84 valence electrons. The topological polar surface area (TPSA) is 38.3 Å². The largest absolute Gasteiger partial charge is 0.465 e. The van der Waals surface area contributed by atoms with Crippen LogP contribution in [0.25, 0.3) is 0 Å². The summed E-state index contributed by atoms with van der Waals surface area (Å²) in [4.78, 5) is 11.5. The van der Waals surface area contributed by atoms with Crippen LogP contribution < -0.4 is 5.32 Å². The smallest absolute Gasteiger partial charge is 0.323 e. The van der Waals surface area contributed by atoms with E-state index in [0.717, 1.165) is 11.5 Å². The third-order valence-electron chi connectivity index (χ3n) is 1.59. The molecule has 0 rings (SSSR count). The van der Waals surface area contributed by atoms with Crippen molar-refractivity contribution in [3.8, 4) is 0 Å². The molecule has 0 bridgehead atoms. The molecule has 0 amide bonds. The third kappa shape index (κ3) is 6.27. The first-order valence-corrected chi connectivity index (χ1v) is 6.27. The van der Waals surface area contributed by atoms with Crippen molar-refractivity contribution in [2.75, 3.05) is 18.1 Å². The van der Waals surface area contributed by atoms with Crippen molar-refractivity contribution in [2.45, 2.75) is 39.8 Å². The lowest BCUT2D eigenvalue weighted by Crippen LogP contribution is -2.43. The molecule has 1 unspecified atom stereocenters. The van der Waals surface area contributed by atoms with E-state index < -0.39 is 0 Å². The third-order valence-corrected chi connectivity index (χ3v) is 2.57. The Balaban J connectivity index is 4.01. The van der Waals surface area contributed by atoms with Crippen LogP contribution in [0.5, 0.6) is 0 Å². The van der Waals surface area contributed by atoms with Gasteiger partial charge in [-0.1, -0.05) is 20.8 Å². The van der Waals surface area contributed by atoms with Crippen LogP contribution in [0.4, 0.5) is 0 Å². The Hall–Kier alpha value is -0.220. The Morgan fingerprint density at radius 1 is 1.43 bits per heavy atom. The minimum Gasteiger partial charge on any atom is -0.465 e. The number of ether oxygens (including phenoxy) is 1. The predicted octanol–water partition coefficient (Wildman–Crippen LogP) is 1.67. The summed E-state index contributed by atoms with van der Waals surface area (Å²) in [6.07, 6.45) is 0. The first kappa shape index (κ1) is 13.8. The highest BCUT2D eigenvalue weighted by Crippen LogP contribution is 2.04. The zero-order valence-electron chi connectivity index (χ0n) is 9.50. The summed E-state index contributed by atoms with van der Waals surface area (Å²) >= 11 is 1.75. The van der Waals surface area contributed by atoms with Crippen LogP contribution in [0.1, 0.15) is 27.7 Å². The summed E-state index contributed by atoms with van der Waals surface area (Å²) in [5.41, 5.74) is 0. The fourth-order valence-corrected chi connectivity index (χ4v) is 1.77. The number of thioether (sulfide) groups is 1. The molecule has 1 atom stereocenters. The number of hydrogen-bond acceptors (Lipinski definition) is 4. The van der Waals surface area contributed by atoms with Gasteiger partial charge in [-0.05, 0) is 12.7 Å². The molecule has 0 radical (unpaired) electrons. The zero-order chi connectivity index (χ0) is 11.0. The average Bonchev–Trinajstić information content (AvgIpc) is 2.12. The minimum atomic E-state index is -0.167. The maximum atomic E-state index is 11.5. The predicted molar refractivity (Wildman–Crippen MR) is 61.7 cm³/mol. The van der Waals surface area contributed by atoms with Crippen molar-refractivity contribution in [3.63, 3.8) is 0 Å². The molecule has 14 heavy (non-hydrogen) atoms. The molecule has 0 saturated heterocycles. The molecule has 1 N–H and O–H groups in total. The highest BCUT2D eigenvalue weighted by molar-refractivity contribution is 7.99. The van der Waals surface area contributed by atoms with Gasteiger partial charge >= 0.3 is 5.97 Å². The van der Waals surface area contributed by atoms with Crippen molar-refractivity contribution >= 4 is 17.7 Å². The molecule has 0 saturated carbocycles. The summed E-state index contributed by atoms with van der Waals surface area (Å²) in [7, 11) is 0. The molecule has 0 aliphatic heterocycles. The van der Waals surface area contributed by atoms with Gasteiger partial charge in [0.05, 0.1) is 6.61 Å². The fourth-order valence-electron chi connectivity index (χ4n) is 1.07. The number of rotatable bonds is 7. The normalized spacial score (nSPS) is 12.9. The molecular weight excluding hydrogens is 198 g/mol. The monoisotopic (exact) mass is 219 g/mol.